The molecule has 0 atom stereocenters. The Morgan fingerprint density at radius 3 is 0.814 bits per heavy atom. The molecule has 0 unspecified atom stereocenters. The van der Waals surface area contributed by atoms with E-state index in [0.717, 1.165) is 55.8 Å². The molecule has 0 amide bonds. The minimum atomic E-state index is -0.336. The van der Waals surface area contributed by atoms with E-state index < -0.39 is 0 Å². The molecule has 12 aromatic carbocycles. The number of benzene rings is 12. The van der Waals surface area contributed by atoms with E-state index in [2.05, 4.69) is 270 Å². The van der Waals surface area contributed by atoms with Gasteiger partial charge in [-0.2, -0.15) is 9.97 Å². The molecule has 1 aliphatic rings. The van der Waals surface area contributed by atoms with Crippen LogP contribution in [0, 0.1) is 0 Å². The summed E-state index contributed by atoms with van der Waals surface area (Å²) in [6.07, 6.45) is 0. The third-order valence-corrected chi connectivity index (χ3v) is 18.2. The fourth-order valence-electron chi connectivity index (χ4n) is 12.4. The van der Waals surface area contributed by atoms with Crippen LogP contribution in [0.4, 0.5) is 0 Å². The second-order valence-corrected chi connectivity index (χ2v) is 25.0. The molecule has 0 bridgehead atoms. The molecule has 1 aliphatic heterocycles. The Kier molecular flexibility index (Phi) is 18.3. The van der Waals surface area contributed by atoms with Gasteiger partial charge in [0, 0.05) is 93.4 Å². The molecule has 1 fully saturated rings. The summed E-state index contributed by atoms with van der Waals surface area (Å²) in [5.41, 5.74) is 16.7. The zero-order valence-electron chi connectivity index (χ0n) is 53.9. The molecule has 16 aromatic rings. The average molecular weight is 1350 g/mol. The van der Waals surface area contributed by atoms with Gasteiger partial charge in [-0.15, -0.1) is 0 Å². The van der Waals surface area contributed by atoms with Crippen molar-refractivity contribution in [3.63, 3.8) is 0 Å². The predicted octanol–water partition coefficient (Wildman–Crippen LogP) is 20.2. The van der Waals surface area contributed by atoms with Gasteiger partial charge in [0.1, 0.15) is 0 Å². The Hall–Kier alpha value is -10.4. The number of fused-ring (bicyclic) bond motifs is 6. The molecule has 4 aromatic heterocycles. The third-order valence-electron chi connectivity index (χ3n) is 18.0. The van der Waals surface area contributed by atoms with Gasteiger partial charge in [-0.05, 0) is 128 Å². The van der Waals surface area contributed by atoms with Crippen molar-refractivity contribution in [3.05, 3.63) is 321 Å². The van der Waals surface area contributed by atoms with Crippen LogP contribution in [-0.4, -0.2) is 57.4 Å². The van der Waals surface area contributed by atoms with E-state index in [0.29, 0.717) is 29.1 Å². The van der Waals surface area contributed by atoms with Crippen LogP contribution in [0.25, 0.3) is 134 Å². The molecule has 17 rings (SSSR count). The van der Waals surface area contributed by atoms with Crippen LogP contribution in [0.5, 0.6) is 0 Å². The maximum atomic E-state index is 6.19. The fraction of sp³-hybridized carbons (Fsp3) is 0.0714. The van der Waals surface area contributed by atoms with Gasteiger partial charge in [-0.25, -0.2) is 19.9 Å². The standard InChI is InChI=1S/C39H26N4.C24H24BNO2.C21H14ClN3.Y/c1-3-11-27(12-4-1)28-19-21-30(22-20-28)38-40-37(29-13-5-2-6-14-29)41-39(42-38)31-23-25-32(26-24-31)43-35-17-9-7-15-33(35)34-16-8-10-18-36(34)43;1-23(2)24(3,4)28-25(27-23)17-13-15-18(16-14-17)26-21-11-7-5-9-19(21)20-10-6-8-12-22(20)26;22-21-24-19(17-9-5-2-6-10-17)23-20(25-21)18-13-11-16(12-14-18)15-7-3-1-4-8-15;/h1-26H;5-16H,1-4H3;1-14H;. The maximum absolute atomic E-state index is 6.19. The summed E-state index contributed by atoms with van der Waals surface area (Å²) in [6.45, 7) is 8.33. The van der Waals surface area contributed by atoms with Gasteiger partial charge in [0.25, 0.3) is 0 Å². The van der Waals surface area contributed by atoms with E-state index in [1.807, 2.05) is 97.1 Å². The SMILES string of the molecule is CC1(C)OB(c2ccc(-n3c4ccccc4c4ccccc43)cc2)OC1(C)C.Clc1nc(-c2ccccc2)nc(-c2ccc(-c3ccccc3)cc2)n1.[Y].c1ccc(-c2ccc(-c3nc(-c4ccccc4)nc(-c4ccc(-n5c6ccccc6c6ccccc65)cc4)n3)cc2)cc1. The van der Waals surface area contributed by atoms with Crippen molar-refractivity contribution in [1.29, 1.82) is 0 Å². The summed E-state index contributed by atoms with van der Waals surface area (Å²) >= 11 is 6.11. The third kappa shape index (κ3) is 13.2. The molecule has 1 radical (unpaired) electrons. The van der Waals surface area contributed by atoms with E-state index >= 15 is 0 Å². The zero-order valence-corrected chi connectivity index (χ0v) is 57.5. The smallest absolute Gasteiger partial charge is 0.399 e. The van der Waals surface area contributed by atoms with Crippen molar-refractivity contribution in [2.45, 2.75) is 38.9 Å². The topological polar surface area (TPSA) is 106 Å². The molecule has 97 heavy (non-hydrogen) atoms. The molecule has 0 saturated carbocycles. The van der Waals surface area contributed by atoms with Crippen molar-refractivity contribution < 1.29 is 42.0 Å². The number of nitrogens with zero attached hydrogens (tertiary/aromatic N) is 8. The van der Waals surface area contributed by atoms with Crippen LogP contribution in [-0.2, 0) is 42.0 Å². The van der Waals surface area contributed by atoms with Crippen LogP contribution < -0.4 is 5.46 Å². The zero-order chi connectivity index (χ0) is 65.2. The predicted molar refractivity (Wildman–Crippen MR) is 394 cm³/mol. The van der Waals surface area contributed by atoms with Gasteiger partial charge in [0.15, 0.2) is 29.1 Å². The molecule has 0 aliphatic carbocycles. The van der Waals surface area contributed by atoms with Gasteiger partial charge in [0.2, 0.25) is 5.28 Å². The number of rotatable bonds is 10. The number of halogens is 1. The van der Waals surface area contributed by atoms with Crippen LogP contribution in [0.3, 0.4) is 0 Å². The van der Waals surface area contributed by atoms with E-state index in [9.17, 15) is 0 Å². The van der Waals surface area contributed by atoms with Crippen molar-refractivity contribution >= 4 is 67.8 Å². The second-order valence-electron chi connectivity index (χ2n) is 24.6. The van der Waals surface area contributed by atoms with Gasteiger partial charge in [0.05, 0.1) is 33.3 Å². The van der Waals surface area contributed by atoms with Crippen LogP contribution in [0.2, 0.25) is 5.28 Å². The number of aromatic nitrogens is 8. The molecule has 0 spiro atoms. The van der Waals surface area contributed by atoms with Gasteiger partial charge in [-0.1, -0.05) is 255 Å². The van der Waals surface area contributed by atoms with Gasteiger partial charge < -0.3 is 18.4 Å². The van der Waals surface area contributed by atoms with E-state index in [4.69, 9.17) is 35.9 Å². The van der Waals surface area contributed by atoms with Crippen molar-refractivity contribution in [2.75, 3.05) is 0 Å². The minimum Gasteiger partial charge on any atom is -0.399 e. The second kappa shape index (κ2) is 27.8. The first kappa shape index (κ1) is 64.0. The molecule has 10 nitrogen and oxygen atoms in total. The van der Waals surface area contributed by atoms with Gasteiger partial charge >= 0.3 is 7.12 Å². The largest absolute Gasteiger partial charge is 0.494 e. The Bertz CT molecular complexity index is 5290. The first-order chi connectivity index (χ1) is 47.0. The Morgan fingerprint density at radius 1 is 0.268 bits per heavy atom. The summed E-state index contributed by atoms with van der Waals surface area (Å²) in [5, 5.41) is 5.22. The number of para-hydroxylation sites is 4. The average Bonchev–Trinajstić information content (AvgIpc) is 1.57. The Morgan fingerprint density at radius 2 is 0.495 bits per heavy atom. The molecule has 5 heterocycles. The number of hydrogen-bond donors (Lipinski definition) is 0. The quantitative estimate of drug-likeness (QED) is 0.125. The fourth-order valence-corrected chi connectivity index (χ4v) is 12.5. The first-order valence-electron chi connectivity index (χ1n) is 32.1. The molecular weight excluding hydrogens is 1290 g/mol. The molecule has 1 saturated heterocycles. The maximum Gasteiger partial charge on any atom is 0.494 e. The summed E-state index contributed by atoms with van der Waals surface area (Å²) in [5.74, 6) is 3.08. The van der Waals surface area contributed by atoms with Crippen LogP contribution >= 0.6 is 11.6 Å². The Balaban J connectivity index is 0.000000130. The molecule has 465 valence electrons. The van der Waals surface area contributed by atoms with E-state index in [1.165, 1.54) is 54.7 Å². The summed E-state index contributed by atoms with van der Waals surface area (Å²) in [4.78, 5) is 27.9. The number of hydrogen-bond acceptors (Lipinski definition) is 8. The first-order valence-corrected chi connectivity index (χ1v) is 32.5. The van der Waals surface area contributed by atoms with Crippen molar-refractivity contribution in [1.82, 2.24) is 39.0 Å². The normalized spacial score (nSPS) is 13.0. The molecular formula is C84H64BClN8O2Y. The molecule has 13 heteroatoms. The van der Waals surface area contributed by atoms with Crippen molar-refractivity contribution in [3.8, 4) is 90.6 Å². The Labute approximate surface area is 594 Å². The van der Waals surface area contributed by atoms with Gasteiger partial charge in [-0.3, -0.25) is 0 Å². The summed E-state index contributed by atoms with van der Waals surface area (Å²) in [7, 11) is -0.336. The summed E-state index contributed by atoms with van der Waals surface area (Å²) in [6, 6.07) is 108. The van der Waals surface area contributed by atoms with Crippen LogP contribution in [0.1, 0.15) is 27.7 Å². The van der Waals surface area contributed by atoms with Crippen molar-refractivity contribution in [2.24, 2.45) is 0 Å². The monoisotopic (exact) mass is 1350 g/mol. The van der Waals surface area contributed by atoms with E-state index in [-0.39, 0.29) is 56.3 Å². The van der Waals surface area contributed by atoms with Crippen LogP contribution in [0.15, 0.2) is 315 Å². The van der Waals surface area contributed by atoms with E-state index in [1.54, 1.807) is 0 Å². The molecule has 0 N–H and O–H groups in total. The summed E-state index contributed by atoms with van der Waals surface area (Å²) < 4.78 is 17.0. The minimum absolute atomic E-state index is 0.